The molecule has 1 N–H and O–H groups in total. The van der Waals surface area contributed by atoms with Gasteiger partial charge in [-0.25, -0.2) is 4.79 Å². The third-order valence-electron chi connectivity index (χ3n) is 4.57. The molecule has 29 heavy (non-hydrogen) atoms. The predicted molar refractivity (Wildman–Crippen MR) is 115 cm³/mol. The fraction of sp³-hybridized carbons (Fsp3) is 0.160. The highest BCUT2D eigenvalue weighted by atomic mass is 16.6. The first-order valence-electron chi connectivity index (χ1n) is 9.44. The Balaban J connectivity index is 1.89. The van der Waals surface area contributed by atoms with Gasteiger partial charge in [0.2, 0.25) is 0 Å². The minimum Gasteiger partial charge on any atom is -0.489 e. The number of esters is 1. The zero-order valence-corrected chi connectivity index (χ0v) is 16.4. The third kappa shape index (κ3) is 5.33. The number of aliphatic hydroxyl groups excluding tert-OH is 1. The van der Waals surface area contributed by atoms with Gasteiger partial charge in [0.15, 0.2) is 0 Å². The monoisotopic (exact) mass is 388 g/mol. The van der Waals surface area contributed by atoms with E-state index in [9.17, 15) is 9.90 Å². The van der Waals surface area contributed by atoms with Crippen LogP contribution in [-0.4, -0.2) is 24.3 Å². The van der Waals surface area contributed by atoms with Crippen molar-refractivity contribution in [1.82, 2.24) is 0 Å². The second-order valence-corrected chi connectivity index (χ2v) is 6.65. The molecule has 0 aromatic heterocycles. The molecule has 0 atom stereocenters. The highest BCUT2D eigenvalue weighted by molar-refractivity contribution is 5.81. The lowest BCUT2D eigenvalue weighted by atomic mass is 9.98. The van der Waals surface area contributed by atoms with Gasteiger partial charge >= 0.3 is 5.97 Å². The van der Waals surface area contributed by atoms with E-state index < -0.39 is 5.97 Å². The second-order valence-electron chi connectivity index (χ2n) is 6.65. The van der Waals surface area contributed by atoms with Crippen molar-refractivity contribution in [2.24, 2.45) is 0 Å². The SMILES string of the molecule is C=CC(=O)OCCOc1cc(-c2ccc(C)cc2)ccc1-c1ccc(CO)cc1. The molecule has 0 unspecified atom stereocenters. The lowest BCUT2D eigenvalue weighted by Gasteiger charge is -2.14. The first-order valence-corrected chi connectivity index (χ1v) is 9.44. The fourth-order valence-corrected chi connectivity index (χ4v) is 2.95. The van der Waals surface area contributed by atoms with Crippen molar-refractivity contribution in [2.45, 2.75) is 13.5 Å². The summed E-state index contributed by atoms with van der Waals surface area (Å²) in [4.78, 5) is 11.2. The van der Waals surface area contributed by atoms with Crippen molar-refractivity contribution >= 4 is 5.97 Å². The van der Waals surface area contributed by atoms with Gasteiger partial charge in [-0.3, -0.25) is 0 Å². The average molecular weight is 388 g/mol. The van der Waals surface area contributed by atoms with Crippen molar-refractivity contribution in [3.63, 3.8) is 0 Å². The van der Waals surface area contributed by atoms with Crippen LogP contribution in [0.5, 0.6) is 5.75 Å². The topological polar surface area (TPSA) is 55.8 Å². The predicted octanol–water partition coefficient (Wildman–Crippen LogP) is 4.93. The van der Waals surface area contributed by atoms with Crippen LogP contribution in [0.2, 0.25) is 0 Å². The Hall–Kier alpha value is -3.37. The van der Waals surface area contributed by atoms with Gasteiger partial charge in [0.1, 0.15) is 19.0 Å². The molecule has 3 rings (SSSR count). The summed E-state index contributed by atoms with van der Waals surface area (Å²) < 4.78 is 11.0. The molecular formula is C25H24O4. The van der Waals surface area contributed by atoms with Gasteiger partial charge in [0.05, 0.1) is 6.61 Å². The van der Waals surface area contributed by atoms with Gasteiger partial charge in [-0.1, -0.05) is 72.8 Å². The highest BCUT2D eigenvalue weighted by Gasteiger charge is 2.10. The Labute approximate surface area is 171 Å². The molecule has 0 heterocycles. The Morgan fingerprint density at radius 2 is 1.59 bits per heavy atom. The van der Waals surface area contributed by atoms with Gasteiger partial charge in [-0.05, 0) is 35.2 Å². The zero-order valence-electron chi connectivity index (χ0n) is 16.4. The molecule has 0 fully saturated rings. The lowest BCUT2D eigenvalue weighted by molar-refractivity contribution is -0.138. The summed E-state index contributed by atoms with van der Waals surface area (Å²) in [7, 11) is 0. The van der Waals surface area contributed by atoms with E-state index in [-0.39, 0.29) is 19.8 Å². The maximum Gasteiger partial charge on any atom is 0.330 e. The number of carbonyl (C=O) groups excluding carboxylic acids is 1. The molecule has 0 saturated heterocycles. The number of rotatable bonds is 8. The number of aryl methyl sites for hydroxylation is 1. The van der Waals surface area contributed by atoms with Gasteiger partial charge < -0.3 is 14.6 Å². The third-order valence-corrected chi connectivity index (χ3v) is 4.57. The van der Waals surface area contributed by atoms with Crippen LogP contribution in [0.4, 0.5) is 0 Å². The van der Waals surface area contributed by atoms with E-state index in [1.807, 2.05) is 36.4 Å². The van der Waals surface area contributed by atoms with E-state index in [4.69, 9.17) is 9.47 Å². The van der Waals surface area contributed by atoms with E-state index >= 15 is 0 Å². The number of carbonyl (C=O) groups is 1. The van der Waals surface area contributed by atoms with Gasteiger partial charge in [-0.2, -0.15) is 0 Å². The van der Waals surface area contributed by atoms with Crippen molar-refractivity contribution in [2.75, 3.05) is 13.2 Å². The summed E-state index contributed by atoms with van der Waals surface area (Å²) in [6.45, 7) is 5.82. The first kappa shape index (κ1) is 20.4. The van der Waals surface area contributed by atoms with Gasteiger partial charge in [-0.15, -0.1) is 0 Å². The molecule has 0 aliphatic heterocycles. The van der Waals surface area contributed by atoms with Crippen LogP contribution in [-0.2, 0) is 16.1 Å². The van der Waals surface area contributed by atoms with Crippen LogP contribution in [0.3, 0.4) is 0 Å². The molecule has 0 aliphatic carbocycles. The molecule has 4 heteroatoms. The Kier molecular flexibility index (Phi) is 6.82. The van der Waals surface area contributed by atoms with Crippen LogP contribution in [0.25, 0.3) is 22.3 Å². The van der Waals surface area contributed by atoms with Crippen LogP contribution < -0.4 is 4.74 Å². The van der Waals surface area contributed by atoms with Crippen LogP contribution in [0.15, 0.2) is 79.4 Å². The molecular weight excluding hydrogens is 364 g/mol. The molecule has 0 aliphatic rings. The largest absolute Gasteiger partial charge is 0.489 e. The summed E-state index contributed by atoms with van der Waals surface area (Å²) in [5.41, 5.74) is 6.11. The van der Waals surface area contributed by atoms with E-state index in [1.165, 1.54) is 5.56 Å². The summed E-state index contributed by atoms with van der Waals surface area (Å²) >= 11 is 0. The van der Waals surface area contributed by atoms with Crippen molar-refractivity contribution < 1.29 is 19.4 Å². The molecule has 0 radical (unpaired) electrons. The molecule has 0 spiro atoms. The molecule has 4 nitrogen and oxygen atoms in total. The van der Waals surface area contributed by atoms with E-state index in [0.717, 1.165) is 33.9 Å². The lowest BCUT2D eigenvalue weighted by Crippen LogP contribution is -2.10. The fourth-order valence-electron chi connectivity index (χ4n) is 2.95. The molecule has 148 valence electrons. The smallest absolute Gasteiger partial charge is 0.330 e. The van der Waals surface area contributed by atoms with Crippen LogP contribution in [0.1, 0.15) is 11.1 Å². The Morgan fingerprint density at radius 3 is 2.24 bits per heavy atom. The van der Waals surface area contributed by atoms with E-state index in [0.29, 0.717) is 5.75 Å². The summed E-state index contributed by atoms with van der Waals surface area (Å²) in [6, 6.07) is 22.1. The first-order chi connectivity index (χ1) is 14.1. The van der Waals surface area contributed by atoms with Crippen molar-refractivity contribution in [1.29, 1.82) is 0 Å². The molecule has 3 aromatic carbocycles. The molecule has 0 bridgehead atoms. The quantitative estimate of drug-likeness (QED) is 0.338. The van der Waals surface area contributed by atoms with Gasteiger partial charge in [0, 0.05) is 11.6 Å². The van der Waals surface area contributed by atoms with Gasteiger partial charge in [0.25, 0.3) is 0 Å². The Morgan fingerprint density at radius 1 is 0.931 bits per heavy atom. The normalized spacial score (nSPS) is 10.4. The molecule has 3 aromatic rings. The Bertz CT molecular complexity index is 973. The summed E-state index contributed by atoms with van der Waals surface area (Å²) in [5.74, 6) is 0.233. The van der Waals surface area contributed by atoms with E-state index in [1.54, 1.807) is 0 Å². The van der Waals surface area contributed by atoms with Crippen molar-refractivity contribution in [3.8, 4) is 28.0 Å². The average Bonchev–Trinajstić information content (AvgIpc) is 2.77. The van der Waals surface area contributed by atoms with E-state index in [2.05, 4.69) is 43.8 Å². The number of hydrogen-bond donors (Lipinski definition) is 1. The standard InChI is InChI=1S/C25H24O4/c1-3-25(27)29-15-14-28-24-16-22(20-8-4-18(2)5-9-20)12-13-23(24)21-10-6-19(17-26)7-11-21/h3-13,16,26H,1,14-15,17H2,2H3. The zero-order chi connectivity index (χ0) is 20.6. The number of aliphatic hydroxyl groups is 1. The van der Waals surface area contributed by atoms with Crippen LogP contribution in [0, 0.1) is 6.92 Å². The number of hydrogen-bond acceptors (Lipinski definition) is 4. The molecule has 0 amide bonds. The maximum atomic E-state index is 11.2. The highest BCUT2D eigenvalue weighted by Crippen LogP contribution is 2.34. The van der Waals surface area contributed by atoms with Crippen LogP contribution >= 0.6 is 0 Å². The number of ether oxygens (including phenoxy) is 2. The summed E-state index contributed by atoms with van der Waals surface area (Å²) in [6.07, 6.45) is 1.13. The second kappa shape index (κ2) is 9.71. The summed E-state index contributed by atoms with van der Waals surface area (Å²) in [5, 5.41) is 9.27. The molecule has 0 saturated carbocycles. The maximum absolute atomic E-state index is 11.2. The number of benzene rings is 3. The minimum absolute atomic E-state index is 0.00463. The van der Waals surface area contributed by atoms with Crippen molar-refractivity contribution in [3.05, 3.63) is 90.5 Å². The minimum atomic E-state index is -0.471.